The first-order valence-electron chi connectivity index (χ1n) is 24.1. The van der Waals surface area contributed by atoms with Gasteiger partial charge in [0.25, 0.3) is 12.5 Å². The van der Waals surface area contributed by atoms with Crippen LogP contribution in [0, 0.1) is 39.5 Å². The van der Waals surface area contributed by atoms with Crippen LogP contribution in [0.1, 0.15) is 74.9 Å². The molecule has 1 aliphatic heterocycles. The van der Waals surface area contributed by atoms with Gasteiger partial charge in [0, 0.05) is 34.1 Å². The summed E-state index contributed by atoms with van der Waals surface area (Å²) in [5, 5.41) is 0. The molecule has 14 heteroatoms. The molecule has 1 saturated carbocycles. The molecule has 2 unspecified atom stereocenters. The molecule has 1 heterocycles. The van der Waals surface area contributed by atoms with E-state index in [1.165, 1.54) is 55.6 Å². The first kappa shape index (κ1) is 54.1. The van der Waals surface area contributed by atoms with E-state index in [1.807, 2.05) is 0 Å². The van der Waals surface area contributed by atoms with E-state index in [0.29, 0.717) is 8.97 Å². The van der Waals surface area contributed by atoms with Gasteiger partial charge in [-0.25, -0.2) is 0 Å². The van der Waals surface area contributed by atoms with Crippen LogP contribution in [0.4, 0.5) is 34.5 Å². The van der Waals surface area contributed by atoms with Crippen LogP contribution in [0.2, 0.25) is 0 Å². The molecule has 4 nitrogen and oxygen atoms in total. The largest absolute Gasteiger partial charge is 0.673 e. The molecule has 2 aliphatic rings. The molecule has 70 heavy (non-hydrogen) atoms. The number of likely N-dealkylation sites (N-methyl/N-ethyl adjacent to an activating group) is 2. The second-order valence-corrected chi connectivity index (χ2v) is 20.0. The van der Waals surface area contributed by atoms with Gasteiger partial charge in [-0.15, -0.1) is 0 Å². The molecule has 0 aromatic heterocycles. The van der Waals surface area contributed by atoms with Crippen molar-refractivity contribution in [2.75, 3.05) is 14.1 Å². The SMILES string of the molecule is Cc1ccc(C[N+](C)(Cc2ccc(C)cc2)[C@H]2OC3(O[C@@H]2[N+](C)(Cc2ccc(C)cc2)Cc2ccc(C)cc2)C(Cc2ccccc2)CCCC3Cc2ccccc2)cc1.F[B-](F)(F)F.F[B-](F)(F)F. The highest BCUT2D eigenvalue weighted by Crippen LogP contribution is 2.53. The first-order valence-corrected chi connectivity index (χ1v) is 24.1. The van der Waals surface area contributed by atoms with Gasteiger partial charge in [-0.1, -0.05) is 186 Å². The standard InChI is InChI=1S/C56H66N2O2.2BF4/c1-42-20-28-48(29-21-42)38-57(5,39-49-30-22-43(2)23-31-49)54-55(58(6,40-50-32-24-44(3)25-33-50)41-51-34-26-45(4)27-35-51)60-56(59-54)52(36-46-14-9-7-10-15-46)18-13-19-53(56)37-47-16-11-8-12-17-47;2*2-1(3,4)5/h7-12,14-17,20-35,52-55H,13,18-19,36-41H2,1-6H3;;/q+2;2*-1/t52?,53?,54-,55-;;/m0../s1. The van der Waals surface area contributed by atoms with Crippen LogP contribution in [-0.4, -0.2) is 55.8 Å². The Balaban J connectivity index is 0.000000731. The third kappa shape index (κ3) is 15.9. The summed E-state index contributed by atoms with van der Waals surface area (Å²) in [7, 11) is -7.10. The molecule has 374 valence electrons. The van der Waals surface area contributed by atoms with Crippen molar-refractivity contribution in [3.8, 4) is 0 Å². The first-order chi connectivity index (χ1) is 33.0. The monoisotopic (exact) mass is 973 g/mol. The molecule has 0 bridgehead atoms. The molecule has 8 rings (SSSR count). The fourth-order valence-corrected chi connectivity index (χ4v) is 10.3. The van der Waals surface area contributed by atoms with E-state index in [-0.39, 0.29) is 24.3 Å². The third-order valence-corrected chi connectivity index (χ3v) is 13.6. The Labute approximate surface area is 409 Å². The van der Waals surface area contributed by atoms with E-state index in [1.54, 1.807) is 0 Å². The average Bonchev–Trinajstić information content (AvgIpc) is 3.71. The van der Waals surface area contributed by atoms with E-state index < -0.39 is 20.3 Å². The number of benzene rings is 6. The average molecular weight is 973 g/mol. The Morgan fingerprint density at radius 2 is 0.643 bits per heavy atom. The number of quaternary nitrogens is 2. The molecule has 0 amide bonds. The van der Waals surface area contributed by atoms with Crippen LogP contribution >= 0.6 is 0 Å². The lowest BCUT2D eigenvalue weighted by molar-refractivity contribution is -1.04. The Kier molecular flexibility index (Phi) is 18.0. The summed E-state index contributed by atoms with van der Waals surface area (Å²) in [5.41, 5.74) is 13.1. The fraction of sp³-hybridized carbons (Fsp3) is 0.357. The summed E-state index contributed by atoms with van der Waals surface area (Å²) in [4.78, 5) is 0. The Morgan fingerprint density at radius 3 is 0.886 bits per heavy atom. The predicted molar refractivity (Wildman–Crippen MR) is 266 cm³/mol. The van der Waals surface area contributed by atoms with Crippen molar-refractivity contribution in [1.29, 1.82) is 0 Å². The van der Waals surface area contributed by atoms with Gasteiger partial charge in [0.15, 0.2) is 5.79 Å². The number of hydrogen-bond donors (Lipinski definition) is 0. The highest BCUT2D eigenvalue weighted by molar-refractivity contribution is 6.50. The van der Waals surface area contributed by atoms with Crippen LogP contribution in [0.3, 0.4) is 0 Å². The fourth-order valence-electron chi connectivity index (χ4n) is 10.3. The number of aryl methyl sites for hydroxylation is 4. The maximum absolute atomic E-state index is 9.75. The molecule has 2 fully saturated rings. The molecule has 1 aliphatic carbocycles. The van der Waals surface area contributed by atoms with Gasteiger partial charge in [0.05, 0.1) is 14.1 Å². The van der Waals surface area contributed by atoms with E-state index >= 15 is 0 Å². The minimum Gasteiger partial charge on any atom is -0.418 e. The number of hydrogen-bond acceptors (Lipinski definition) is 2. The zero-order chi connectivity index (χ0) is 50.7. The molecule has 6 aromatic carbocycles. The summed E-state index contributed by atoms with van der Waals surface area (Å²) < 4.78 is 95.8. The van der Waals surface area contributed by atoms with Gasteiger partial charge < -0.3 is 34.5 Å². The summed E-state index contributed by atoms with van der Waals surface area (Å²) in [6, 6.07) is 58.9. The van der Waals surface area contributed by atoms with Crippen LogP contribution in [0.15, 0.2) is 158 Å². The lowest BCUT2D eigenvalue weighted by Gasteiger charge is -2.46. The van der Waals surface area contributed by atoms with Gasteiger partial charge in [-0.3, -0.25) is 18.4 Å². The number of halogens is 8. The van der Waals surface area contributed by atoms with Crippen LogP contribution in [-0.2, 0) is 48.5 Å². The molecule has 0 N–H and O–H groups in total. The summed E-state index contributed by atoms with van der Waals surface area (Å²) >= 11 is 0. The quantitative estimate of drug-likeness (QED) is 0.0615. The lowest BCUT2D eigenvalue weighted by Crippen LogP contribution is -2.64. The van der Waals surface area contributed by atoms with Crippen LogP contribution in [0.25, 0.3) is 0 Å². The van der Waals surface area contributed by atoms with Gasteiger partial charge in [-0.2, -0.15) is 0 Å². The Bertz CT molecular complexity index is 2230. The summed E-state index contributed by atoms with van der Waals surface area (Å²) in [6.45, 7) is 12.0. The zero-order valence-electron chi connectivity index (χ0n) is 41.1. The second kappa shape index (κ2) is 23.3. The Hall–Kier alpha value is -5.27. The molecular weight excluding hydrogens is 906 g/mol. The predicted octanol–water partition coefficient (Wildman–Crippen LogP) is 14.8. The maximum atomic E-state index is 9.75. The van der Waals surface area contributed by atoms with Gasteiger partial charge in [-0.05, 0) is 64.5 Å². The van der Waals surface area contributed by atoms with Crippen LogP contribution < -0.4 is 0 Å². The van der Waals surface area contributed by atoms with Crippen molar-refractivity contribution < 1.29 is 53.0 Å². The highest BCUT2D eigenvalue weighted by Gasteiger charge is 2.67. The van der Waals surface area contributed by atoms with Crippen molar-refractivity contribution in [2.24, 2.45) is 11.8 Å². The molecular formula is C56H66B2F8N2O2. The minimum atomic E-state index is -6.00. The van der Waals surface area contributed by atoms with E-state index in [0.717, 1.165) is 58.3 Å². The molecule has 6 aromatic rings. The normalized spacial score (nSPS) is 19.2. The number of ether oxygens (including phenoxy) is 2. The van der Waals surface area contributed by atoms with Crippen molar-refractivity contribution in [3.05, 3.63) is 213 Å². The van der Waals surface area contributed by atoms with Crippen molar-refractivity contribution in [2.45, 2.75) is 104 Å². The molecule has 4 atom stereocenters. The summed E-state index contributed by atoms with van der Waals surface area (Å²) in [6.07, 6.45) is 4.59. The van der Waals surface area contributed by atoms with Gasteiger partial charge in [0.2, 0.25) is 0 Å². The zero-order valence-corrected chi connectivity index (χ0v) is 41.1. The van der Waals surface area contributed by atoms with Crippen molar-refractivity contribution >= 4 is 14.5 Å². The number of rotatable bonds is 14. The lowest BCUT2D eigenvalue weighted by atomic mass is 9.71. The molecule has 1 spiro atoms. The van der Waals surface area contributed by atoms with E-state index in [4.69, 9.17) is 9.47 Å². The molecule has 0 radical (unpaired) electrons. The smallest absolute Gasteiger partial charge is 0.418 e. The van der Waals surface area contributed by atoms with Crippen LogP contribution in [0.5, 0.6) is 0 Å². The maximum Gasteiger partial charge on any atom is 0.673 e. The Morgan fingerprint density at radius 1 is 0.400 bits per heavy atom. The van der Waals surface area contributed by atoms with Crippen molar-refractivity contribution in [3.63, 3.8) is 0 Å². The van der Waals surface area contributed by atoms with Gasteiger partial charge >= 0.3 is 14.5 Å². The third-order valence-electron chi connectivity index (χ3n) is 13.6. The van der Waals surface area contributed by atoms with Crippen molar-refractivity contribution in [1.82, 2.24) is 0 Å². The molecule has 1 saturated heterocycles. The second-order valence-electron chi connectivity index (χ2n) is 20.0. The van der Waals surface area contributed by atoms with Gasteiger partial charge in [0.1, 0.15) is 26.2 Å². The topological polar surface area (TPSA) is 18.5 Å². The summed E-state index contributed by atoms with van der Waals surface area (Å²) in [5.74, 6) is -0.414. The van der Waals surface area contributed by atoms with E-state index in [2.05, 4.69) is 200 Å². The minimum absolute atomic E-state index is 0.189. The van der Waals surface area contributed by atoms with E-state index in [9.17, 15) is 34.5 Å². The highest BCUT2D eigenvalue weighted by atomic mass is 19.5. The number of nitrogens with zero attached hydrogens (tertiary/aromatic N) is 2.